The van der Waals surface area contributed by atoms with Crippen molar-refractivity contribution in [2.24, 2.45) is 4.99 Å². The summed E-state index contributed by atoms with van der Waals surface area (Å²) < 4.78 is 13.6. The van der Waals surface area contributed by atoms with Gasteiger partial charge in [0.05, 0.1) is 22.4 Å². The Balaban J connectivity index is 1.51. The predicted molar refractivity (Wildman–Crippen MR) is 173 cm³/mol. The van der Waals surface area contributed by atoms with Gasteiger partial charge >= 0.3 is 5.97 Å². The van der Waals surface area contributed by atoms with Gasteiger partial charge in [0.1, 0.15) is 18.4 Å². The lowest BCUT2D eigenvalue weighted by atomic mass is 9.97. The second-order valence-corrected chi connectivity index (χ2v) is 12.4. The Morgan fingerprint density at radius 2 is 1.81 bits per heavy atom. The van der Waals surface area contributed by atoms with Crippen molar-refractivity contribution in [1.29, 1.82) is 0 Å². The highest BCUT2D eigenvalue weighted by molar-refractivity contribution is 7.10. The minimum Gasteiger partial charge on any atom is -0.488 e. The molecule has 0 aliphatic carbocycles. The second kappa shape index (κ2) is 12.7. The zero-order chi connectivity index (χ0) is 29.9. The van der Waals surface area contributed by atoms with Gasteiger partial charge in [-0.15, -0.1) is 11.3 Å². The molecule has 0 fully saturated rings. The number of hydrogen-bond donors (Lipinski definition) is 0. The van der Waals surface area contributed by atoms with E-state index in [0.717, 1.165) is 16.0 Å². The Labute approximate surface area is 265 Å². The molecule has 1 aliphatic heterocycles. The van der Waals surface area contributed by atoms with Crippen molar-refractivity contribution in [3.05, 3.63) is 147 Å². The van der Waals surface area contributed by atoms with Crippen molar-refractivity contribution in [2.75, 3.05) is 6.61 Å². The molecule has 1 aliphatic rings. The molecule has 0 saturated carbocycles. The predicted octanol–water partition coefficient (Wildman–Crippen LogP) is 6.88. The molecular weight excluding hydrogens is 623 g/mol. The summed E-state index contributed by atoms with van der Waals surface area (Å²) >= 11 is 15.2. The van der Waals surface area contributed by atoms with E-state index in [1.165, 1.54) is 22.7 Å². The molecular formula is C33H24Cl2N2O4S2. The quantitative estimate of drug-likeness (QED) is 0.172. The molecule has 0 N–H and O–H groups in total. The van der Waals surface area contributed by atoms with Gasteiger partial charge in [-0.05, 0) is 60.3 Å². The number of thiophene rings is 1. The Hall–Kier alpha value is -3.95. The van der Waals surface area contributed by atoms with E-state index in [2.05, 4.69) is 0 Å². The first-order valence-corrected chi connectivity index (χ1v) is 15.9. The van der Waals surface area contributed by atoms with E-state index in [-0.39, 0.29) is 18.8 Å². The minimum atomic E-state index is -0.703. The number of hydrogen-bond acceptors (Lipinski definition) is 7. The fraction of sp³-hybridized carbons (Fsp3) is 0.121. The third-order valence-corrected chi connectivity index (χ3v) is 9.11. The highest BCUT2D eigenvalue weighted by Crippen LogP contribution is 2.37. The number of carbonyl (C=O) groups is 1. The third kappa shape index (κ3) is 6.10. The maximum absolute atomic E-state index is 14.1. The average Bonchev–Trinajstić information content (AvgIpc) is 3.65. The first-order chi connectivity index (χ1) is 20.9. The molecule has 2 aromatic heterocycles. The van der Waals surface area contributed by atoms with Crippen LogP contribution < -0.4 is 19.6 Å². The van der Waals surface area contributed by atoms with Gasteiger partial charge in [0.25, 0.3) is 5.56 Å². The summed E-state index contributed by atoms with van der Waals surface area (Å²) in [5, 5.41) is 3.04. The molecule has 3 heterocycles. The molecule has 216 valence electrons. The molecule has 0 saturated heterocycles. The zero-order valence-corrected chi connectivity index (χ0v) is 26.0. The third-order valence-electron chi connectivity index (χ3n) is 6.73. The summed E-state index contributed by atoms with van der Waals surface area (Å²) in [6.07, 6.45) is 1.75. The van der Waals surface area contributed by atoms with Gasteiger partial charge in [-0.3, -0.25) is 9.36 Å². The fourth-order valence-corrected chi connectivity index (χ4v) is 7.06. The number of ether oxygens (including phenoxy) is 2. The summed E-state index contributed by atoms with van der Waals surface area (Å²) in [6.45, 7) is 2.23. The summed E-state index contributed by atoms with van der Waals surface area (Å²) in [4.78, 5) is 33.8. The molecule has 0 unspecified atom stereocenters. The van der Waals surface area contributed by atoms with Crippen LogP contribution in [0.15, 0.2) is 106 Å². The van der Waals surface area contributed by atoms with Crippen molar-refractivity contribution in [3.8, 4) is 5.75 Å². The van der Waals surface area contributed by atoms with Crippen molar-refractivity contribution >= 4 is 63.6 Å². The lowest BCUT2D eigenvalue weighted by molar-refractivity contribution is -0.138. The zero-order valence-electron chi connectivity index (χ0n) is 22.8. The fourth-order valence-electron chi connectivity index (χ4n) is 4.85. The molecule has 5 aromatic rings. The number of halogens is 2. The standard InChI is InChI=1S/C33H24Cl2N2O4S2/c1-2-40-32(39)28-29(21-9-4-3-5-10-21)36-33-37(30(28)26-12-7-15-42-26)31(38)27(43-33)18-22-17-24(35)13-14-25(22)41-19-20-8-6-11-23(34)16-20/h3-18,30H,2,19H2,1H3/b27-18-/t30-/m1/s1. The van der Waals surface area contributed by atoms with Crippen molar-refractivity contribution < 1.29 is 14.3 Å². The topological polar surface area (TPSA) is 69.9 Å². The molecule has 0 radical (unpaired) electrons. The summed E-state index contributed by atoms with van der Waals surface area (Å²) in [6, 6.07) is 25.3. The number of esters is 1. The Morgan fingerprint density at radius 1 is 1.00 bits per heavy atom. The Bertz CT molecular complexity index is 2020. The van der Waals surface area contributed by atoms with Gasteiger partial charge in [0, 0.05) is 26.0 Å². The maximum atomic E-state index is 14.1. The van der Waals surface area contributed by atoms with Gasteiger partial charge in [-0.2, -0.15) is 0 Å². The van der Waals surface area contributed by atoms with E-state index in [0.29, 0.717) is 42.0 Å². The van der Waals surface area contributed by atoms with Gasteiger partial charge < -0.3 is 9.47 Å². The molecule has 1 atom stereocenters. The van der Waals surface area contributed by atoms with Gasteiger partial charge in [-0.1, -0.05) is 83.1 Å². The van der Waals surface area contributed by atoms with Crippen LogP contribution in [0.5, 0.6) is 5.75 Å². The van der Waals surface area contributed by atoms with E-state index in [4.69, 9.17) is 37.7 Å². The largest absolute Gasteiger partial charge is 0.488 e. The minimum absolute atomic E-state index is 0.193. The number of nitrogens with zero attached hydrogens (tertiary/aromatic N) is 2. The number of carbonyl (C=O) groups excluding carboxylic acids is 1. The highest BCUT2D eigenvalue weighted by Gasteiger charge is 2.35. The van der Waals surface area contributed by atoms with E-state index in [1.807, 2.05) is 66.0 Å². The van der Waals surface area contributed by atoms with Crippen LogP contribution in [-0.4, -0.2) is 17.1 Å². The van der Waals surface area contributed by atoms with Crippen LogP contribution in [0.1, 0.15) is 34.5 Å². The number of benzene rings is 3. The average molecular weight is 648 g/mol. The molecule has 3 aromatic carbocycles. The number of rotatable bonds is 8. The number of fused-ring (bicyclic) bond motifs is 1. The summed E-state index contributed by atoms with van der Waals surface area (Å²) in [5.41, 5.74) is 2.83. The van der Waals surface area contributed by atoms with Crippen LogP contribution in [0.4, 0.5) is 0 Å². The van der Waals surface area contributed by atoms with Crippen LogP contribution in [0.3, 0.4) is 0 Å². The number of aromatic nitrogens is 1. The molecule has 0 bridgehead atoms. The summed E-state index contributed by atoms with van der Waals surface area (Å²) in [5.74, 6) is 0.0477. The van der Waals surface area contributed by atoms with E-state index >= 15 is 0 Å². The smallest absolute Gasteiger partial charge is 0.338 e. The van der Waals surface area contributed by atoms with Crippen LogP contribution in [0, 0.1) is 0 Å². The van der Waals surface area contributed by atoms with Crippen molar-refractivity contribution in [1.82, 2.24) is 4.57 Å². The van der Waals surface area contributed by atoms with Crippen LogP contribution in [0.2, 0.25) is 10.0 Å². The SMILES string of the molecule is CCOC(=O)C1=C(c2ccccc2)N=c2s/c(=C\c3cc(Cl)ccc3OCc3cccc(Cl)c3)c(=O)n2[C@@H]1c1cccs1. The molecule has 6 rings (SSSR count). The Morgan fingerprint density at radius 3 is 2.56 bits per heavy atom. The lowest BCUT2D eigenvalue weighted by Gasteiger charge is -2.24. The van der Waals surface area contributed by atoms with Crippen LogP contribution >= 0.6 is 45.9 Å². The molecule has 6 nitrogen and oxygen atoms in total. The van der Waals surface area contributed by atoms with E-state index in [9.17, 15) is 9.59 Å². The van der Waals surface area contributed by atoms with E-state index < -0.39 is 12.0 Å². The molecule has 10 heteroatoms. The monoisotopic (exact) mass is 646 g/mol. The van der Waals surface area contributed by atoms with Gasteiger partial charge in [-0.25, -0.2) is 9.79 Å². The summed E-state index contributed by atoms with van der Waals surface area (Å²) in [7, 11) is 0. The highest BCUT2D eigenvalue weighted by atomic mass is 35.5. The normalized spacial score (nSPS) is 14.8. The first kappa shape index (κ1) is 29.1. The van der Waals surface area contributed by atoms with Crippen LogP contribution in [-0.2, 0) is 16.1 Å². The second-order valence-electron chi connectivity index (χ2n) is 9.55. The molecule has 0 amide bonds. The van der Waals surface area contributed by atoms with Gasteiger partial charge in [0.2, 0.25) is 0 Å². The first-order valence-electron chi connectivity index (χ1n) is 13.4. The Kier molecular flexibility index (Phi) is 8.63. The van der Waals surface area contributed by atoms with Crippen LogP contribution in [0.25, 0.3) is 11.8 Å². The number of thiazole rings is 1. The lowest BCUT2D eigenvalue weighted by Crippen LogP contribution is -2.39. The maximum Gasteiger partial charge on any atom is 0.338 e. The van der Waals surface area contributed by atoms with Crippen molar-refractivity contribution in [3.63, 3.8) is 0 Å². The molecule has 0 spiro atoms. The van der Waals surface area contributed by atoms with E-state index in [1.54, 1.807) is 41.8 Å². The van der Waals surface area contributed by atoms with Crippen molar-refractivity contribution in [2.45, 2.75) is 19.6 Å². The molecule has 43 heavy (non-hydrogen) atoms. The van der Waals surface area contributed by atoms with Gasteiger partial charge in [0.15, 0.2) is 4.80 Å².